The van der Waals surface area contributed by atoms with Crippen molar-refractivity contribution in [2.45, 2.75) is 45.3 Å². The maximum Gasteiger partial charge on any atom is 0.511 e. The summed E-state index contributed by atoms with van der Waals surface area (Å²) in [6.45, 7) is 7.61. The minimum absolute atomic E-state index is 0. The van der Waals surface area contributed by atoms with Crippen LogP contribution in [0.2, 0.25) is 0 Å². The van der Waals surface area contributed by atoms with Crippen LogP contribution in [0.4, 0.5) is 14.9 Å². The topological polar surface area (TPSA) is 75.0 Å². The van der Waals surface area contributed by atoms with Crippen molar-refractivity contribution >= 4 is 35.2 Å². The predicted molar refractivity (Wildman–Crippen MR) is 111 cm³/mol. The average Bonchev–Trinajstić information content (AvgIpc) is 2.92. The van der Waals surface area contributed by atoms with Crippen molar-refractivity contribution < 1.29 is 19.0 Å². The number of benzene rings is 1. The molecule has 2 aromatic rings. The van der Waals surface area contributed by atoms with Crippen LogP contribution < -0.4 is 15.1 Å². The largest absolute Gasteiger partial charge is 0.511 e. The second-order valence-corrected chi connectivity index (χ2v) is 8.00. The van der Waals surface area contributed by atoms with Gasteiger partial charge in [0.1, 0.15) is 5.82 Å². The summed E-state index contributed by atoms with van der Waals surface area (Å²) in [5.74, 6) is -0.745. The molecule has 1 saturated heterocycles. The summed E-state index contributed by atoms with van der Waals surface area (Å²) in [4.78, 5) is 28.0. The van der Waals surface area contributed by atoms with Gasteiger partial charge < -0.3 is 19.3 Å². The van der Waals surface area contributed by atoms with Crippen LogP contribution in [-0.4, -0.2) is 52.9 Å². The van der Waals surface area contributed by atoms with Gasteiger partial charge in [-0.3, -0.25) is 9.69 Å². The molecule has 0 aliphatic carbocycles. The highest BCUT2D eigenvalue weighted by Crippen LogP contribution is 2.41. The molecule has 29 heavy (non-hydrogen) atoms. The van der Waals surface area contributed by atoms with Gasteiger partial charge in [-0.15, -0.1) is 12.4 Å². The number of nitrogens with zero attached hydrogens (tertiary/aromatic N) is 3. The lowest BCUT2D eigenvalue weighted by atomic mass is 10.0. The summed E-state index contributed by atoms with van der Waals surface area (Å²) in [5, 5.41) is 9.05. The van der Waals surface area contributed by atoms with E-state index in [0.29, 0.717) is 30.7 Å². The first-order chi connectivity index (χ1) is 13.2. The van der Waals surface area contributed by atoms with Crippen LogP contribution in [0.25, 0.3) is 10.9 Å². The van der Waals surface area contributed by atoms with E-state index in [-0.39, 0.29) is 41.7 Å². The Bertz CT molecular complexity index is 1030. The SMILES string of the molecule is CC1CN(c2c(F)cc3c(=O)c(OC(=O)O)cn4c3c2CC4C)CC(C)N1C.Cl. The molecule has 2 aliphatic heterocycles. The normalized spacial score (nSPS) is 23.9. The number of hydrogen-bond acceptors (Lipinski definition) is 5. The number of ether oxygens (including phenoxy) is 1. The molecular formula is C20H25ClFN3O4. The van der Waals surface area contributed by atoms with Gasteiger partial charge in [-0.25, -0.2) is 9.18 Å². The van der Waals surface area contributed by atoms with Crippen molar-refractivity contribution in [2.75, 3.05) is 25.0 Å². The highest BCUT2D eigenvalue weighted by molar-refractivity contribution is 5.90. The molecule has 3 unspecified atom stereocenters. The number of carboxylic acid groups (broad SMARTS) is 1. The van der Waals surface area contributed by atoms with E-state index >= 15 is 4.39 Å². The van der Waals surface area contributed by atoms with Gasteiger partial charge >= 0.3 is 6.16 Å². The fraction of sp³-hybridized carbons (Fsp3) is 0.500. The number of aromatic nitrogens is 1. The lowest BCUT2D eigenvalue weighted by Crippen LogP contribution is -2.55. The Kier molecular flexibility index (Phi) is 5.53. The Morgan fingerprint density at radius 3 is 2.41 bits per heavy atom. The number of halogens is 2. The molecule has 1 N–H and O–H groups in total. The third kappa shape index (κ3) is 3.34. The first-order valence-electron chi connectivity index (χ1n) is 9.47. The second kappa shape index (κ2) is 7.50. The van der Waals surface area contributed by atoms with E-state index < -0.39 is 17.4 Å². The Balaban J connectivity index is 0.00000240. The summed E-state index contributed by atoms with van der Waals surface area (Å²) < 4.78 is 21.7. The molecule has 1 fully saturated rings. The number of likely N-dealkylation sites (N-methyl/N-ethyl adjacent to an activating group) is 1. The molecule has 0 radical (unpaired) electrons. The van der Waals surface area contributed by atoms with E-state index in [1.54, 1.807) is 0 Å². The van der Waals surface area contributed by atoms with Crippen LogP contribution >= 0.6 is 12.4 Å². The van der Waals surface area contributed by atoms with Crippen LogP contribution in [0.3, 0.4) is 0 Å². The predicted octanol–water partition coefficient (Wildman–Crippen LogP) is 3.27. The first-order valence-corrected chi connectivity index (χ1v) is 9.47. The number of anilines is 1. The van der Waals surface area contributed by atoms with Crippen molar-refractivity contribution in [3.05, 3.63) is 33.9 Å². The van der Waals surface area contributed by atoms with Gasteiger partial charge in [0.05, 0.1) is 22.8 Å². The van der Waals surface area contributed by atoms with Crippen LogP contribution in [-0.2, 0) is 6.42 Å². The first kappa shape index (κ1) is 21.4. The third-order valence-electron chi connectivity index (χ3n) is 6.15. The number of hydrogen-bond donors (Lipinski definition) is 1. The standard InChI is InChI=1S/C20H24FN3O4.ClH/c1-10-5-13-17-14(19(25)16(9-24(10)17)28-20(26)27)6-15(21)18(13)23-7-11(2)22(4)12(3)8-23;/h6,9-12H,5,7-8H2,1-4H3,(H,26,27);1H. The lowest BCUT2D eigenvalue weighted by Gasteiger charge is -2.44. The van der Waals surface area contributed by atoms with E-state index in [2.05, 4.69) is 35.4 Å². The quantitative estimate of drug-likeness (QED) is 0.744. The Hall–Kier alpha value is -2.32. The minimum Gasteiger partial charge on any atom is -0.449 e. The molecule has 158 valence electrons. The van der Waals surface area contributed by atoms with E-state index in [4.69, 9.17) is 5.11 Å². The van der Waals surface area contributed by atoms with E-state index in [1.165, 1.54) is 12.3 Å². The van der Waals surface area contributed by atoms with Gasteiger partial charge in [0.2, 0.25) is 5.43 Å². The monoisotopic (exact) mass is 425 g/mol. The molecule has 1 aromatic heterocycles. The highest BCUT2D eigenvalue weighted by Gasteiger charge is 2.34. The van der Waals surface area contributed by atoms with Gasteiger partial charge in [-0.05, 0) is 40.3 Å². The Labute approximate surface area is 174 Å². The molecule has 0 bridgehead atoms. The number of piperazine rings is 1. The van der Waals surface area contributed by atoms with Gasteiger partial charge in [0.15, 0.2) is 5.75 Å². The molecule has 0 saturated carbocycles. The van der Waals surface area contributed by atoms with E-state index in [9.17, 15) is 9.59 Å². The average molecular weight is 426 g/mol. The van der Waals surface area contributed by atoms with Crippen LogP contribution in [0, 0.1) is 5.82 Å². The van der Waals surface area contributed by atoms with Gasteiger partial charge in [-0.2, -0.15) is 0 Å². The smallest absolute Gasteiger partial charge is 0.449 e. The lowest BCUT2D eigenvalue weighted by molar-refractivity contribution is 0.143. The molecule has 7 nitrogen and oxygen atoms in total. The van der Waals surface area contributed by atoms with Crippen LogP contribution in [0.15, 0.2) is 17.1 Å². The molecule has 9 heteroatoms. The summed E-state index contributed by atoms with van der Waals surface area (Å²) in [7, 11) is 2.08. The number of rotatable bonds is 2. The van der Waals surface area contributed by atoms with E-state index in [0.717, 1.165) is 5.56 Å². The highest BCUT2D eigenvalue weighted by atomic mass is 35.5. The molecule has 0 spiro atoms. The van der Waals surface area contributed by atoms with Crippen molar-refractivity contribution in [1.82, 2.24) is 9.47 Å². The summed E-state index contributed by atoms with van der Waals surface area (Å²) >= 11 is 0. The van der Waals surface area contributed by atoms with Crippen LogP contribution in [0.1, 0.15) is 32.4 Å². The third-order valence-corrected chi connectivity index (χ3v) is 6.15. The van der Waals surface area contributed by atoms with Gasteiger partial charge in [-0.1, -0.05) is 0 Å². The maximum atomic E-state index is 15.3. The Morgan fingerprint density at radius 1 is 1.21 bits per heavy atom. The minimum atomic E-state index is -1.56. The molecule has 1 aromatic carbocycles. The molecule has 3 atom stereocenters. The summed E-state index contributed by atoms with van der Waals surface area (Å²) in [6, 6.07) is 1.75. The second-order valence-electron chi connectivity index (χ2n) is 8.00. The van der Waals surface area contributed by atoms with Crippen LogP contribution in [0.5, 0.6) is 5.75 Å². The zero-order chi connectivity index (χ0) is 20.3. The zero-order valence-electron chi connectivity index (χ0n) is 16.8. The molecule has 2 aliphatic rings. The fourth-order valence-electron chi connectivity index (χ4n) is 4.56. The number of carbonyl (C=O) groups is 1. The molecular weight excluding hydrogens is 401 g/mol. The van der Waals surface area contributed by atoms with Gasteiger partial charge in [0.25, 0.3) is 0 Å². The Morgan fingerprint density at radius 2 is 1.83 bits per heavy atom. The van der Waals surface area contributed by atoms with Crippen molar-refractivity contribution in [2.24, 2.45) is 0 Å². The molecule has 3 heterocycles. The summed E-state index contributed by atoms with van der Waals surface area (Å²) in [5.41, 5.74) is 1.44. The van der Waals surface area contributed by atoms with E-state index in [1.807, 2.05) is 11.5 Å². The van der Waals surface area contributed by atoms with Crippen molar-refractivity contribution in [3.8, 4) is 5.75 Å². The van der Waals surface area contributed by atoms with Crippen molar-refractivity contribution in [1.29, 1.82) is 0 Å². The molecule has 4 rings (SSSR count). The zero-order valence-corrected chi connectivity index (χ0v) is 17.6. The van der Waals surface area contributed by atoms with Crippen molar-refractivity contribution in [3.63, 3.8) is 0 Å². The summed E-state index contributed by atoms with van der Waals surface area (Å²) in [6.07, 6.45) is 0.443. The maximum absolute atomic E-state index is 15.3. The van der Waals surface area contributed by atoms with Gasteiger partial charge in [0, 0.05) is 36.8 Å². The molecule has 0 amide bonds. The number of pyridine rings is 1. The fourth-order valence-corrected chi connectivity index (χ4v) is 4.56.